The van der Waals surface area contributed by atoms with E-state index in [-0.39, 0.29) is 0 Å². The first kappa shape index (κ1) is 10.8. The highest BCUT2D eigenvalue weighted by Gasteiger charge is 2.07. The van der Waals surface area contributed by atoms with Gasteiger partial charge in [0.2, 0.25) is 0 Å². The van der Waals surface area contributed by atoms with Crippen molar-refractivity contribution in [3.63, 3.8) is 0 Å². The summed E-state index contributed by atoms with van der Waals surface area (Å²) in [4.78, 5) is 0. The predicted octanol–water partition coefficient (Wildman–Crippen LogP) is 3.44. The lowest BCUT2D eigenvalue weighted by Crippen LogP contribution is -1.91. The number of fused-ring (bicyclic) bond motifs is 1. The van der Waals surface area contributed by atoms with Gasteiger partial charge in [-0.25, -0.2) is 0 Å². The van der Waals surface area contributed by atoms with Gasteiger partial charge in [0.25, 0.3) is 0 Å². The molecule has 0 N–H and O–H groups in total. The van der Waals surface area contributed by atoms with Crippen molar-refractivity contribution in [3.8, 4) is 11.7 Å². The van der Waals surface area contributed by atoms with Gasteiger partial charge < -0.3 is 0 Å². The van der Waals surface area contributed by atoms with E-state index >= 15 is 0 Å². The van der Waals surface area contributed by atoms with Crippen molar-refractivity contribution in [3.05, 3.63) is 47.5 Å². The summed E-state index contributed by atoms with van der Waals surface area (Å²) in [7, 11) is 5.32. The van der Waals surface area contributed by atoms with Crippen molar-refractivity contribution >= 4 is 18.6 Å². The Kier molecular flexibility index (Phi) is 3.01. The van der Waals surface area contributed by atoms with Gasteiger partial charge in [-0.1, -0.05) is 50.1 Å². The Morgan fingerprint density at radius 2 is 1.75 bits per heavy atom. The van der Waals surface area contributed by atoms with E-state index in [0.717, 1.165) is 5.56 Å². The Morgan fingerprint density at radius 1 is 1.06 bits per heavy atom. The lowest BCUT2D eigenvalue weighted by molar-refractivity contribution is 0.876. The van der Waals surface area contributed by atoms with Crippen LogP contribution in [0.4, 0.5) is 0 Å². The van der Waals surface area contributed by atoms with E-state index in [1.807, 2.05) is 12.1 Å². The van der Waals surface area contributed by atoms with Crippen LogP contribution in [0.1, 0.15) is 30.9 Å². The van der Waals surface area contributed by atoms with Crippen molar-refractivity contribution in [2.24, 2.45) is 0 Å². The summed E-state index contributed by atoms with van der Waals surface area (Å²) >= 11 is 0. The minimum atomic E-state index is 0.490. The Labute approximate surface area is 98.1 Å². The monoisotopic (exact) mass is 204 g/mol. The molecule has 0 fully saturated rings. The molecule has 0 nitrogen and oxygen atoms in total. The van der Waals surface area contributed by atoms with Gasteiger partial charge in [0, 0.05) is 10.9 Å². The van der Waals surface area contributed by atoms with E-state index in [4.69, 9.17) is 7.85 Å². The van der Waals surface area contributed by atoms with Crippen LogP contribution in [0.25, 0.3) is 10.8 Å². The Balaban J connectivity index is 2.85. The fraction of sp³-hybridized carbons (Fsp3) is 0.200. The van der Waals surface area contributed by atoms with Gasteiger partial charge in [0.05, 0.1) is 0 Å². The van der Waals surface area contributed by atoms with E-state index in [1.165, 1.54) is 16.3 Å². The summed E-state index contributed by atoms with van der Waals surface area (Å²) in [6, 6.07) is 12.5. The third-order valence-electron chi connectivity index (χ3n) is 2.77. The fourth-order valence-electron chi connectivity index (χ4n) is 2.03. The van der Waals surface area contributed by atoms with E-state index < -0.39 is 0 Å². The van der Waals surface area contributed by atoms with Crippen LogP contribution in [-0.2, 0) is 0 Å². The van der Waals surface area contributed by atoms with Gasteiger partial charge in [-0.15, -0.1) is 0 Å². The third-order valence-corrected chi connectivity index (χ3v) is 2.77. The predicted molar refractivity (Wildman–Crippen MR) is 70.7 cm³/mol. The van der Waals surface area contributed by atoms with Crippen LogP contribution in [0.2, 0.25) is 0 Å². The minimum absolute atomic E-state index is 0.490. The summed E-state index contributed by atoms with van der Waals surface area (Å²) < 4.78 is 0. The SMILES string of the molecule is [B]C#Cc1cccc2cccc(C(C)C)c12. The zero-order valence-corrected chi connectivity index (χ0v) is 9.62. The van der Waals surface area contributed by atoms with Crippen LogP contribution in [0.5, 0.6) is 0 Å². The van der Waals surface area contributed by atoms with E-state index in [2.05, 4.69) is 49.9 Å². The molecular weight excluding hydrogens is 191 g/mol. The highest BCUT2D eigenvalue weighted by atomic mass is 14.1. The summed E-state index contributed by atoms with van der Waals surface area (Å²) in [5, 5.41) is 2.46. The zero-order valence-electron chi connectivity index (χ0n) is 9.62. The lowest BCUT2D eigenvalue weighted by Gasteiger charge is -2.11. The van der Waals surface area contributed by atoms with Gasteiger partial charge in [0.15, 0.2) is 7.85 Å². The van der Waals surface area contributed by atoms with Gasteiger partial charge >= 0.3 is 0 Å². The molecule has 0 saturated carbocycles. The minimum Gasteiger partial charge on any atom is -0.167 e. The molecule has 0 aliphatic heterocycles. The first-order chi connectivity index (χ1) is 7.74. The van der Waals surface area contributed by atoms with Crippen LogP contribution in [0.15, 0.2) is 36.4 Å². The molecule has 2 aromatic carbocycles. The van der Waals surface area contributed by atoms with Crippen molar-refractivity contribution in [1.29, 1.82) is 0 Å². The smallest absolute Gasteiger partial charge is 0.167 e. The Bertz CT molecular complexity index is 565. The van der Waals surface area contributed by atoms with Crippen molar-refractivity contribution in [1.82, 2.24) is 0 Å². The van der Waals surface area contributed by atoms with Crippen LogP contribution in [-0.4, -0.2) is 7.85 Å². The average molecular weight is 204 g/mol. The van der Waals surface area contributed by atoms with E-state index in [1.54, 1.807) is 0 Å². The topological polar surface area (TPSA) is 0 Å². The molecule has 0 unspecified atom stereocenters. The van der Waals surface area contributed by atoms with Crippen LogP contribution in [0.3, 0.4) is 0 Å². The van der Waals surface area contributed by atoms with E-state index in [9.17, 15) is 0 Å². The standard InChI is InChI=1S/C15H13B/c1-11(2)14-8-4-7-12-5-3-6-13(9-10-16)15(12)14/h3-8,11H,1-2H3. The maximum absolute atomic E-state index is 5.32. The average Bonchev–Trinajstić information content (AvgIpc) is 2.29. The first-order valence-electron chi connectivity index (χ1n) is 5.47. The number of hydrogen-bond acceptors (Lipinski definition) is 0. The third kappa shape index (κ3) is 1.84. The highest BCUT2D eigenvalue weighted by molar-refractivity contribution is 6.22. The summed E-state index contributed by atoms with van der Waals surface area (Å²) in [5.74, 6) is 5.96. The van der Waals surface area contributed by atoms with Crippen LogP contribution in [0, 0.1) is 11.7 Å². The van der Waals surface area contributed by atoms with Gasteiger partial charge in [0.1, 0.15) is 0 Å². The molecular formula is C15H13B. The van der Waals surface area contributed by atoms with Crippen LogP contribution < -0.4 is 0 Å². The summed E-state index contributed by atoms with van der Waals surface area (Å²) in [6.45, 7) is 4.39. The second-order valence-electron chi connectivity index (χ2n) is 4.17. The molecule has 2 rings (SSSR count). The zero-order chi connectivity index (χ0) is 11.5. The Morgan fingerprint density at radius 3 is 2.38 bits per heavy atom. The summed E-state index contributed by atoms with van der Waals surface area (Å²) in [6.07, 6.45) is 0. The van der Waals surface area contributed by atoms with Gasteiger partial charge in [-0.2, -0.15) is 5.82 Å². The maximum Gasteiger partial charge on any atom is 0.188 e. The number of hydrogen-bond donors (Lipinski definition) is 0. The molecule has 2 aromatic rings. The molecule has 76 valence electrons. The molecule has 0 saturated heterocycles. The number of rotatable bonds is 1. The fourth-order valence-corrected chi connectivity index (χ4v) is 2.03. The lowest BCUT2D eigenvalue weighted by atomic mass is 9.92. The number of benzene rings is 2. The molecule has 0 aliphatic carbocycles. The molecule has 16 heavy (non-hydrogen) atoms. The first-order valence-corrected chi connectivity index (χ1v) is 5.47. The van der Waals surface area contributed by atoms with Crippen molar-refractivity contribution < 1.29 is 0 Å². The molecule has 2 radical (unpaired) electrons. The highest BCUT2D eigenvalue weighted by Crippen LogP contribution is 2.27. The maximum atomic E-state index is 5.32. The second kappa shape index (κ2) is 4.45. The molecule has 0 atom stereocenters. The quantitative estimate of drug-likeness (QED) is 0.493. The molecule has 0 aliphatic rings. The second-order valence-corrected chi connectivity index (χ2v) is 4.17. The van der Waals surface area contributed by atoms with Gasteiger partial charge in [-0.3, -0.25) is 0 Å². The normalized spacial score (nSPS) is 10.2. The molecule has 0 aromatic heterocycles. The van der Waals surface area contributed by atoms with Crippen molar-refractivity contribution in [2.75, 3.05) is 0 Å². The van der Waals surface area contributed by atoms with Gasteiger partial charge in [-0.05, 0) is 22.9 Å². The molecule has 0 amide bonds. The van der Waals surface area contributed by atoms with Crippen LogP contribution >= 0.6 is 0 Å². The molecule has 1 heteroatoms. The molecule has 0 heterocycles. The summed E-state index contributed by atoms with van der Waals surface area (Å²) in [5.41, 5.74) is 2.35. The largest absolute Gasteiger partial charge is 0.188 e. The Hall–Kier alpha value is -1.68. The molecule has 0 bridgehead atoms. The van der Waals surface area contributed by atoms with Crippen molar-refractivity contribution in [2.45, 2.75) is 19.8 Å². The van der Waals surface area contributed by atoms with E-state index in [0.29, 0.717) is 5.92 Å². The molecule has 0 spiro atoms.